The molecule has 0 aromatic heterocycles. The maximum Gasteiger partial charge on any atom is 0.265 e. The van der Waals surface area contributed by atoms with E-state index < -0.39 is 16.1 Å². The molecule has 2 aromatic rings. The lowest BCUT2D eigenvalue weighted by molar-refractivity contribution is -0.136. The number of anilines is 2. The lowest BCUT2D eigenvalue weighted by Gasteiger charge is -2.30. The summed E-state index contributed by atoms with van der Waals surface area (Å²) in [6, 6.07) is 12.5. The number of rotatable bonds is 8. The van der Waals surface area contributed by atoms with Gasteiger partial charge in [-0.15, -0.1) is 0 Å². The average molecular weight is 478 g/mol. The van der Waals surface area contributed by atoms with Crippen molar-refractivity contribution in [2.45, 2.75) is 44.6 Å². The van der Waals surface area contributed by atoms with Crippen molar-refractivity contribution in [1.29, 1.82) is 0 Å². The molecule has 1 atom stereocenters. The zero-order chi connectivity index (χ0) is 23.5. The van der Waals surface area contributed by atoms with Crippen molar-refractivity contribution in [3.05, 3.63) is 53.6 Å². The molecule has 2 amide bonds. The smallest absolute Gasteiger partial charge is 0.265 e. The molecular weight excluding hydrogens is 450 g/mol. The number of nitrogens with one attached hydrogen (secondary N) is 1. The third-order valence-electron chi connectivity index (χ3n) is 5.44. The van der Waals surface area contributed by atoms with Crippen LogP contribution in [0.5, 0.6) is 0 Å². The van der Waals surface area contributed by atoms with Crippen LogP contribution in [0.1, 0.15) is 33.6 Å². The van der Waals surface area contributed by atoms with Gasteiger partial charge in [0.15, 0.2) is 0 Å². The van der Waals surface area contributed by atoms with Crippen LogP contribution in [0.4, 0.5) is 11.4 Å². The molecule has 9 heteroatoms. The number of benzene rings is 2. The Labute approximate surface area is 194 Å². The molecule has 3 rings (SSSR count). The molecule has 1 aliphatic heterocycles. The molecule has 0 saturated carbocycles. The maximum atomic E-state index is 13.4. The standard InChI is InChI=1S/C23H28ClN3O4S/c1-4-27(18-9-6-5-7-10-18)32(30,31)20-15-17(12-13-19(20)24)25-23(29)22(16(2)3)26-14-8-11-21(26)28/h5-7,9-10,12-13,15-16,22H,4,8,11,14H2,1-3H3,(H,25,29). The van der Waals surface area contributed by atoms with Crippen molar-refractivity contribution in [3.8, 4) is 0 Å². The number of hydrogen-bond acceptors (Lipinski definition) is 4. The Kier molecular flexibility index (Phi) is 7.46. The fourth-order valence-corrected chi connectivity index (χ4v) is 5.94. The van der Waals surface area contributed by atoms with Crippen molar-refractivity contribution in [2.24, 2.45) is 5.92 Å². The summed E-state index contributed by atoms with van der Waals surface area (Å²) in [5, 5.41) is 2.85. The van der Waals surface area contributed by atoms with Crippen molar-refractivity contribution >= 4 is 44.8 Å². The van der Waals surface area contributed by atoms with Gasteiger partial charge in [0.25, 0.3) is 10.0 Å². The van der Waals surface area contributed by atoms with E-state index in [1.807, 2.05) is 19.9 Å². The number of sulfonamides is 1. The highest BCUT2D eigenvalue weighted by Gasteiger charge is 2.35. The fraction of sp³-hybridized carbons (Fsp3) is 0.391. The van der Waals surface area contributed by atoms with Crippen LogP contribution in [0.25, 0.3) is 0 Å². The van der Waals surface area contributed by atoms with E-state index in [4.69, 9.17) is 11.6 Å². The molecule has 32 heavy (non-hydrogen) atoms. The van der Waals surface area contributed by atoms with E-state index in [0.717, 1.165) is 6.42 Å². The highest BCUT2D eigenvalue weighted by atomic mass is 35.5. The monoisotopic (exact) mass is 477 g/mol. The molecule has 172 valence electrons. The van der Waals surface area contributed by atoms with Gasteiger partial charge in [-0.25, -0.2) is 8.42 Å². The molecule has 1 aliphatic rings. The minimum Gasteiger partial charge on any atom is -0.330 e. The van der Waals surface area contributed by atoms with Crippen molar-refractivity contribution in [1.82, 2.24) is 4.90 Å². The van der Waals surface area contributed by atoms with Crippen LogP contribution in [-0.2, 0) is 19.6 Å². The summed E-state index contributed by atoms with van der Waals surface area (Å²) in [6.45, 7) is 6.26. The number of para-hydroxylation sites is 1. The summed E-state index contributed by atoms with van der Waals surface area (Å²) in [4.78, 5) is 26.7. The molecule has 1 unspecified atom stereocenters. The van der Waals surface area contributed by atoms with E-state index in [-0.39, 0.29) is 34.2 Å². The second kappa shape index (κ2) is 9.92. The molecule has 2 aromatic carbocycles. The van der Waals surface area contributed by atoms with E-state index >= 15 is 0 Å². The summed E-state index contributed by atoms with van der Waals surface area (Å²) in [7, 11) is -3.97. The molecule has 1 N–H and O–H groups in total. The lowest BCUT2D eigenvalue weighted by Crippen LogP contribution is -2.48. The Morgan fingerprint density at radius 1 is 1.19 bits per heavy atom. The number of carbonyl (C=O) groups excluding carboxylic acids is 2. The van der Waals surface area contributed by atoms with Crippen LogP contribution in [0.15, 0.2) is 53.4 Å². The van der Waals surface area contributed by atoms with Crippen LogP contribution in [0.3, 0.4) is 0 Å². The van der Waals surface area contributed by atoms with Gasteiger partial charge in [-0.05, 0) is 49.6 Å². The van der Waals surface area contributed by atoms with Gasteiger partial charge in [-0.1, -0.05) is 43.6 Å². The maximum absolute atomic E-state index is 13.4. The Morgan fingerprint density at radius 3 is 2.44 bits per heavy atom. The Hall–Kier alpha value is -2.58. The summed E-state index contributed by atoms with van der Waals surface area (Å²) < 4.78 is 28.0. The van der Waals surface area contributed by atoms with Gasteiger partial charge in [-0.3, -0.25) is 13.9 Å². The van der Waals surface area contributed by atoms with Gasteiger partial charge in [0.05, 0.1) is 10.7 Å². The first-order valence-electron chi connectivity index (χ1n) is 10.6. The average Bonchev–Trinajstić information content (AvgIpc) is 3.15. The second-order valence-corrected chi connectivity index (χ2v) is 10.3. The minimum absolute atomic E-state index is 0.0420. The first-order valence-corrected chi connectivity index (χ1v) is 12.5. The lowest BCUT2D eigenvalue weighted by atomic mass is 10.0. The van der Waals surface area contributed by atoms with Crippen molar-refractivity contribution < 1.29 is 18.0 Å². The zero-order valence-electron chi connectivity index (χ0n) is 18.4. The van der Waals surface area contributed by atoms with E-state index in [9.17, 15) is 18.0 Å². The molecule has 1 fully saturated rings. The molecular formula is C23H28ClN3O4S. The molecule has 0 radical (unpaired) electrons. The summed E-state index contributed by atoms with van der Waals surface area (Å²) >= 11 is 6.27. The number of hydrogen-bond donors (Lipinski definition) is 1. The molecule has 0 bridgehead atoms. The number of likely N-dealkylation sites (tertiary alicyclic amines) is 1. The summed E-state index contributed by atoms with van der Waals surface area (Å²) in [5.41, 5.74) is 0.826. The fourth-order valence-electron chi connectivity index (χ4n) is 3.97. The summed E-state index contributed by atoms with van der Waals surface area (Å²) in [5.74, 6) is -0.489. The van der Waals surface area contributed by atoms with Gasteiger partial charge >= 0.3 is 0 Å². The highest BCUT2D eigenvalue weighted by Crippen LogP contribution is 2.31. The van der Waals surface area contributed by atoms with Crippen molar-refractivity contribution in [3.63, 3.8) is 0 Å². The molecule has 1 heterocycles. The van der Waals surface area contributed by atoms with Crippen LogP contribution < -0.4 is 9.62 Å². The Morgan fingerprint density at radius 2 is 1.88 bits per heavy atom. The molecule has 1 saturated heterocycles. The third kappa shape index (κ3) is 4.91. The SMILES string of the molecule is CCN(c1ccccc1)S(=O)(=O)c1cc(NC(=O)C(C(C)C)N2CCCC2=O)ccc1Cl. The molecule has 0 spiro atoms. The van der Waals surface area contributed by atoms with Gasteiger partial charge < -0.3 is 10.2 Å². The van der Waals surface area contributed by atoms with Crippen LogP contribution >= 0.6 is 11.6 Å². The zero-order valence-corrected chi connectivity index (χ0v) is 20.0. The molecule has 0 aliphatic carbocycles. The number of halogens is 1. The van der Waals surface area contributed by atoms with E-state index in [1.54, 1.807) is 42.2 Å². The van der Waals surface area contributed by atoms with E-state index in [2.05, 4.69) is 5.32 Å². The number of nitrogens with zero attached hydrogens (tertiary/aromatic N) is 2. The normalized spacial score (nSPS) is 15.2. The first kappa shape index (κ1) is 24.1. The Bertz CT molecular complexity index is 1090. The van der Waals surface area contributed by atoms with Gasteiger partial charge in [-0.2, -0.15) is 0 Å². The largest absolute Gasteiger partial charge is 0.330 e. The van der Waals surface area contributed by atoms with Crippen LogP contribution in [0.2, 0.25) is 5.02 Å². The number of amides is 2. The minimum atomic E-state index is -3.97. The third-order valence-corrected chi connectivity index (χ3v) is 7.83. The van der Waals surface area contributed by atoms with Gasteiger partial charge in [0.2, 0.25) is 11.8 Å². The second-order valence-electron chi connectivity index (χ2n) is 8.02. The predicted octanol–water partition coefficient (Wildman–Crippen LogP) is 4.14. The molecule has 7 nitrogen and oxygen atoms in total. The predicted molar refractivity (Wildman–Crippen MR) is 126 cm³/mol. The number of carbonyl (C=O) groups is 2. The van der Waals surface area contributed by atoms with Crippen LogP contribution in [0, 0.1) is 5.92 Å². The Balaban J connectivity index is 1.91. The van der Waals surface area contributed by atoms with E-state index in [0.29, 0.717) is 24.3 Å². The topological polar surface area (TPSA) is 86.8 Å². The van der Waals surface area contributed by atoms with E-state index in [1.165, 1.54) is 16.4 Å². The van der Waals surface area contributed by atoms with Gasteiger partial charge in [0, 0.05) is 25.2 Å². The summed E-state index contributed by atoms with van der Waals surface area (Å²) in [6.07, 6.45) is 1.16. The van der Waals surface area contributed by atoms with Crippen molar-refractivity contribution in [2.75, 3.05) is 22.7 Å². The highest BCUT2D eigenvalue weighted by molar-refractivity contribution is 7.93. The first-order chi connectivity index (χ1) is 15.2. The quantitative estimate of drug-likeness (QED) is 0.619. The van der Waals surface area contributed by atoms with Gasteiger partial charge in [0.1, 0.15) is 10.9 Å². The van der Waals surface area contributed by atoms with Crippen LogP contribution in [-0.4, -0.2) is 44.3 Å².